The van der Waals surface area contributed by atoms with Crippen molar-refractivity contribution in [3.8, 4) is 0 Å². The van der Waals surface area contributed by atoms with E-state index < -0.39 is 0 Å². The second-order valence-corrected chi connectivity index (χ2v) is 8.44. The summed E-state index contributed by atoms with van der Waals surface area (Å²) in [6.07, 6.45) is 5.11. The van der Waals surface area contributed by atoms with Gasteiger partial charge in [-0.1, -0.05) is 12.1 Å². The van der Waals surface area contributed by atoms with Crippen LogP contribution in [0.15, 0.2) is 42.7 Å². The molecule has 1 aromatic carbocycles. The van der Waals surface area contributed by atoms with Gasteiger partial charge in [-0.2, -0.15) is 0 Å². The number of pyridine rings is 1. The van der Waals surface area contributed by atoms with E-state index >= 15 is 0 Å². The molecule has 0 saturated carbocycles. The van der Waals surface area contributed by atoms with E-state index in [-0.39, 0.29) is 11.4 Å². The lowest BCUT2D eigenvalue weighted by Gasteiger charge is -2.29. The lowest BCUT2D eigenvalue weighted by atomic mass is 10.0. The zero-order valence-corrected chi connectivity index (χ0v) is 17.4. The number of anilines is 2. The van der Waals surface area contributed by atoms with Gasteiger partial charge in [-0.25, -0.2) is 0 Å². The maximum atomic E-state index is 12.7. The zero-order chi connectivity index (χ0) is 20.3. The number of aryl methyl sites for hydroxylation is 1. The topological polar surface area (TPSA) is 57.7 Å². The van der Waals surface area contributed by atoms with Gasteiger partial charge in [0.25, 0.3) is 0 Å². The first-order valence-corrected chi connectivity index (χ1v) is 10.4. The van der Waals surface area contributed by atoms with Crippen LogP contribution in [0.5, 0.6) is 0 Å². The minimum Gasteiger partial charge on any atom is -0.378 e. The average molecular weight is 395 g/mol. The number of carbonyl (C=O) groups excluding carboxylic acids is 1. The Morgan fingerprint density at radius 3 is 2.59 bits per heavy atom. The van der Waals surface area contributed by atoms with E-state index in [4.69, 9.17) is 4.74 Å². The minimum absolute atomic E-state index is 0.0795. The Morgan fingerprint density at radius 2 is 1.86 bits per heavy atom. The molecule has 0 unspecified atom stereocenters. The molecule has 2 saturated heterocycles. The molecule has 1 N–H and O–H groups in total. The van der Waals surface area contributed by atoms with Crippen molar-refractivity contribution < 1.29 is 9.53 Å². The molecule has 4 rings (SSSR count). The maximum absolute atomic E-state index is 12.7. The highest BCUT2D eigenvalue weighted by molar-refractivity contribution is 5.79. The van der Waals surface area contributed by atoms with Gasteiger partial charge >= 0.3 is 0 Å². The first kappa shape index (κ1) is 19.7. The SMILES string of the molecule is Cc1cncc(N2CC[C@@](C)(NC(=O)Cc3ccc(N4CCOCC4)cc3)C2)c1. The number of morpholine rings is 1. The number of aromatic nitrogens is 1. The molecule has 6 nitrogen and oxygen atoms in total. The highest BCUT2D eigenvalue weighted by Crippen LogP contribution is 2.27. The van der Waals surface area contributed by atoms with Crippen LogP contribution in [0.3, 0.4) is 0 Å². The number of rotatable bonds is 5. The van der Waals surface area contributed by atoms with Crippen LogP contribution in [0.2, 0.25) is 0 Å². The quantitative estimate of drug-likeness (QED) is 0.845. The van der Waals surface area contributed by atoms with Crippen LogP contribution in [-0.4, -0.2) is 55.8 Å². The third kappa shape index (κ3) is 4.88. The van der Waals surface area contributed by atoms with Crippen molar-refractivity contribution in [2.45, 2.75) is 32.2 Å². The molecule has 2 fully saturated rings. The molecule has 0 aliphatic carbocycles. The standard InChI is InChI=1S/C23H30N4O2/c1-18-13-21(16-24-15-18)27-8-7-23(2,17-27)25-22(28)14-19-3-5-20(6-4-19)26-9-11-29-12-10-26/h3-6,13,15-16H,7-12,14,17H2,1-2H3,(H,25,28)/t23-/m1/s1. The Hall–Kier alpha value is -2.60. The summed E-state index contributed by atoms with van der Waals surface area (Å²) in [5.41, 5.74) is 4.31. The molecule has 1 aromatic heterocycles. The van der Waals surface area contributed by atoms with Gasteiger partial charge in [0.2, 0.25) is 5.91 Å². The molecule has 1 amide bonds. The maximum Gasteiger partial charge on any atom is 0.224 e. The molecule has 0 spiro atoms. The van der Waals surface area contributed by atoms with Crippen LogP contribution in [0.25, 0.3) is 0 Å². The van der Waals surface area contributed by atoms with E-state index in [1.54, 1.807) is 0 Å². The highest BCUT2D eigenvalue weighted by atomic mass is 16.5. The van der Waals surface area contributed by atoms with E-state index in [2.05, 4.69) is 64.3 Å². The molecule has 6 heteroatoms. The van der Waals surface area contributed by atoms with Gasteiger partial charge in [-0.15, -0.1) is 0 Å². The summed E-state index contributed by atoms with van der Waals surface area (Å²) in [5.74, 6) is 0.0795. The first-order chi connectivity index (χ1) is 14.0. The van der Waals surface area contributed by atoms with Crippen LogP contribution in [0.4, 0.5) is 11.4 Å². The molecule has 1 atom stereocenters. The molecule has 154 valence electrons. The number of nitrogens with one attached hydrogen (secondary N) is 1. The largest absolute Gasteiger partial charge is 0.378 e. The highest BCUT2D eigenvalue weighted by Gasteiger charge is 2.35. The van der Waals surface area contributed by atoms with Crippen molar-refractivity contribution >= 4 is 17.3 Å². The van der Waals surface area contributed by atoms with Crippen molar-refractivity contribution in [2.24, 2.45) is 0 Å². The van der Waals surface area contributed by atoms with Crippen LogP contribution in [0.1, 0.15) is 24.5 Å². The minimum atomic E-state index is -0.214. The Kier molecular flexibility index (Phi) is 5.72. The molecule has 2 aliphatic heterocycles. The van der Waals surface area contributed by atoms with Crippen molar-refractivity contribution in [2.75, 3.05) is 49.2 Å². The molecule has 29 heavy (non-hydrogen) atoms. The zero-order valence-electron chi connectivity index (χ0n) is 17.4. The number of benzene rings is 1. The van der Waals surface area contributed by atoms with E-state index in [0.29, 0.717) is 6.42 Å². The molecule has 3 heterocycles. The summed E-state index contributed by atoms with van der Waals surface area (Å²) in [6, 6.07) is 10.5. The Labute approximate surface area is 172 Å². The van der Waals surface area contributed by atoms with E-state index in [1.165, 1.54) is 5.69 Å². The number of nitrogens with zero attached hydrogens (tertiary/aromatic N) is 3. The van der Waals surface area contributed by atoms with E-state index in [1.807, 2.05) is 12.4 Å². The predicted molar refractivity (Wildman–Crippen MR) is 116 cm³/mol. The summed E-state index contributed by atoms with van der Waals surface area (Å²) in [6.45, 7) is 9.32. The monoisotopic (exact) mass is 394 g/mol. The molecule has 0 radical (unpaired) electrons. The van der Waals surface area contributed by atoms with E-state index in [0.717, 1.165) is 62.6 Å². The van der Waals surface area contributed by atoms with Crippen LogP contribution in [-0.2, 0) is 16.0 Å². The Morgan fingerprint density at radius 1 is 1.10 bits per heavy atom. The number of carbonyl (C=O) groups is 1. The summed E-state index contributed by atoms with van der Waals surface area (Å²) in [7, 11) is 0. The van der Waals surface area contributed by atoms with Gasteiger partial charge < -0.3 is 19.9 Å². The average Bonchev–Trinajstić information content (AvgIpc) is 3.11. The van der Waals surface area contributed by atoms with Crippen molar-refractivity contribution in [3.05, 3.63) is 53.9 Å². The molecule has 0 bridgehead atoms. The van der Waals surface area contributed by atoms with Gasteiger partial charge in [0.15, 0.2) is 0 Å². The second-order valence-electron chi connectivity index (χ2n) is 8.44. The first-order valence-electron chi connectivity index (χ1n) is 10.4. The number of amides is 1. The van der Waals surface area contributed by atoms with Gasteiger partial charge in [0, 0.05) is 38.1 Å². The van der Waals surface area contributed by atoms with E-state index in [9.17, 15) is 4.79 Å². The van der Waals surface area contributed by atoms with Crippen molar-refractivity contribution in [3.63, 3.8) is 0 Å². The fourth-order valence-corrected chi connectivity index (χ4v) is 4.21. The van der Waals surface area contributed by atoms with Gasteiger partial charge in [0.05, 0.1) is 37.1 Å². The molecular weight excluding hydrogens is 364 g/mol. The smallest absolute Gasteiger partial charge is 0.224 e. The third-order valence-corrected chi connectivity index (χ3v) is 5.82. The third-order valence-electron chi connectivity index (χ3n) is 5.82. The Bertz CT molecular complexity index is 848. The lowest BCUT2D eigenvalue weighted by Crippen LogP contribution is -2.48. The van der Waals surface area contributed by atoms with Gasteiger partial charge in [0.1, 0.15) is 0 Å². The summed E-state index contributed by atoms with van der Waals surface area (Å²) < 4.78 is 5.41. The summed E-state index contributed by atoms with van der Waals surface area (Å²) >= 11 is 0. The van der Waals surface area contributed by atoms with Crippen LogP contribution in [0, 0.1) is 6.92 Å². The summed E-state index contributed by atoms with van der Waals surface area (Å²) in [5, 5.41) is 3.27. The van der Waals surface area contributed by atoms with Crippen LogP contribution >= 0.6 is 0 Å². The molecule has 2 aromatic rings. The van der Waals surface area contributed by atoms with Crippen molar-refractivity contribution in [1.82, 2.24) is 10.3 Å². The normalized spacial score (nSPS) is 22.0. The summed E-state index contributed by atoms with van der Waals surface area (Å²) in [4.78, 5) is 21.6. The van der Waals surface area contributed by atoms with Crippen LogP contribution < -0.4 is 15.1 Å². The molecular formula is C23H30N4O2. The van der Waals surface area contributed by atoms with Crippen molar-refractivity contribution in [1.29, 1.82) is 0 Å². The fraction of sp³-hybridized carbons (Fsp3) is 0.478. The number of ether oxygens (including phenoxy) is 1. The second kappa shape index (κ2) is 8.41. The number of hydrogen-bond donors (Lipinski definition) is 1. The fourth-order valence-electron chi connectivity index (χ4n) is 4.21. The number of hydrogen-bond acceptors (Lipinski definition) is 5. The van der Waals surface area contributed by atoms with Gasteiger partial charge in [-0.3, -0.25) is 9.78 Å². The predicted octanol–water partition coefficient (Wildman–Crippen LogP) is 2.55. The lowest BCUT2D eigenvalue weighted by molar-refractivity contribution is -0.122. The van der Waals surface area contributed by atoms with Gasteiger partial charge in [-0.05, 0) is 49.6 Å². The molecule has 2 aliphatic rings. The Balaban J connectivity index is 1.32.